The molecule has 0 saturated carbocycles. The molecule has 0 aliphatic rings. The van der Waals surface area contributed by atoms with Crippen LogP contribution in [0.1, 0.15) is 9.67 Å². The Kier molecular flexibility index (Phi) is 4.00. The van der Waals surface area contributed by atoms with Gasteiger partial charge in [0.25, 0.3) is 0 Å². The first-order valence-corrected chi connectivity index (χ1v) is 8.34. The lowest BCUT2D eigenvalue weighted by molar-refractivity contribution is 0.0703. The van der Waals surface area contributed by atoms with Gasteiger partial charge in [0.1, 0.15) is 10.7 Å². The maximum atomic E-state index is 14.1. The second-order valence-corrected chi connectivity index (χ2v) is 6.39. The van der Waals surface area contributed by atoms with Crippen molar-refractivity contribution in [2.75, 3.05) is 11.6 Å². The number of carboxylic acid groups (broad SMARTS) is 1. The van der Waals surface area contributed by atoms with Gasteiger partial charge in [0.05, 0.1) is 11.4 Å². The summed E-state index contributed by atoms with van der Waals surface area (Å²) in [5, 5.41) is 12.9. The third kappa shape index (κ3) is 2.65. The van der Waals surface area contributed by atoms with E-state index in [-0.39, 0.29) is 10.6 Å². The average Bonchev–Trinajstić information content (AvgIpc) is 2.88. The first-order valence-electron chi connectivity index (χ1n) is 6.30. The molecule has 3 rings (SSSR count). The Morgan fingerprint density at radius 2 is 2.23 bits per heavy atom. The van der Waals surface area contributed by atoms with E-state index in [0.29, 0.717) is 11.1 Å². The largest absolute Gasteiger partial charge is 0.477 e. The number of nitrogens with one attached hydrogen (secondary N) is 1. The van der Waals surface area contributed by atoms with Crippen molar-refractivity contribution in [3.8, 4) is 0 Å². The van der Waals surface area contributed by atoms with Crippen LogP contribution >= 0.6 is 23.1 Å². The maximum absolute atomic E-state index is 14.1. The van der Waals surface area contributed by atoms with Gasteiger partial charge in [-0.1, -0.05) is 0 Å². The molecule has 4 nitrogen and oxygen atoms in total. The minimum absolute atomic E-state index is 0.136. The standard InChI is InChI=1S/C15H11FN2O2S2/c1-21-8-2-3-11(10(16)6-8)18-13-9-7-17-5-4-12(9)22-14(13)15(19)20/h2-7,18H,1H3,(H,19,20). The van der Waals surface area contributed by atoms with Crippen LogP contribution in [-0.4, -0.2) is 22.3 Å². The topological polar surface area (TPSA) is 62.2 Å². The summed E-state index contributed by atoms with van der Waals surface area (Å²) in [4.78, 5) is 16.4. The lowest BCUT2D eigenvalue weighted by Crippen LogP contribution is -2.00. The number of anilines is 2. The molecule has 0 fully saturated rings. The molecule has 2 aromatic heterocycles. The first kappa shape index (κ1) is 14.8. The minimum atomic E-state index is -1.05. The lowest BCUT2D eigenvalue weighted by atomic mass is 10.2. The molecular formula is C15H11FN2O2S2. The summed E-state index contributed by atoms with van der Waals surface area (Å²) in [6.07, 6.45) is 5.04. The lowest BCUT2D eigenvalue weighted by Gasteiger charge is -2.09. The molecule has 0 amide bonds. The molecule has 112 valence electrons. The van der Waals surface area contributed by atoms with Crippen molar-refractivity contribution in [2.45, 2.75) is 4.90 Å². The molecule has 0 atom stereocenters. The molecule has 2 heterocycles. The van der Waals surface area contributed by atoms with E-state index in [1.807, 2.05) is 6.26 Å². The normalized spacial score (nSPS) is 10.8. The molecule has 3 aromatic rings. The van der Waals surface area contributed by atoms with Crippen molar-refractivity contribution >= 4 is 50.5 Å². The van der Waals surface area contributed by atoms with E-state index < -0.39 is 11.8 Å². The van der Waals surface area contributed by atoms with Crippen molar-refractivity contribution < 1.29 is 14.3 Å². The summed E-state index contributed by atoms with van der Waals surface area (Å²) in [7, 11) is 0. The van der Waals surface area contributed by atoms with Gasteiger partial charge in [0.15, 0.2) is 0 Å². The molecular weight excluding hydrogens is 323 g/mol. The number of thioether (sulfide) groups is 1. The second kappa shape index (κ2) is 5.94. The fourth-order valence-corrected chi connectivity index (χ4v) is 3.46. The van der Waals surface area contributed by atoms with Crippen LogP contribution in [0.4, 0.5) is 15.8 Å². The number of thiophene rings is 1. The Morgan fingerprint density at radius 1 is 1.41 bits per heavy atom. The molecule has 0 radical (unpaired) electrons. The van der Waals surface area contributed by atoms with Gasteiger partial charge < -0.3 is 10.4 Å². The zero-order valence-electron chi connectivity index (χ0n) is 11.5. The smallest absolute Gasteiger partial charge is 0.348 e. The van der Waals surface area contributed by atoms with Gasteiger partial charge in [-0.15, -0.1) is 23.1 Å². The summed E-state index contributed by atoms with van der Waals surface area (Å²) < 4.78 is 14.9. The van der Waals surface area contributed by atoms with Crippen molar-refractivity contribution in [3.63, 3.8) is 0 Å². The molecule has 1 aromatic carbocycles. The molecule has 0 saturated heterocycles. The molecule has 2 N–H and O–H groups in total. The highest BCUT2D eigenvalue weighted by atomic mass is 32.2. The summed E-state index contributed by atoms with van der Waals surface area (Å²) in [5.74, 6) is -1.48. The number of carboxylic acids is 1. The third-order valence-corrected chi connectivity index (χ3v) is 5.00. The monoisotopic (exact) mass is 334 g/mol. The molecule has 7 heteroatoms. The first-order chi connectivity index (χ1) is 10.6. The molecule has 22 heavy (non-hydrogen) atoms. The van der Waals surface area contributed by atoms with Crippen LogP contribution in [0.15, 0.2) is 41.6 Å². The number of fused-ring (bicyclic) bond motifs is 1. The molecule has 0 aliphatic carbocycles. The molecule has 0 bridgehead atoms. The molecule has 0 spiro atoms. The summed E-state index contributed by atoms with van der Waals surface area (Å²) in [6.45, 7) is 0. The number of carbonyl (C=O) groups is 1. The van der Waals surface area contributed by atoms with Gasteiger partial charge in [-0.2, -0.15) is 0 Å². The van der Waals surface area contributed by atoms with E-state index in [2.05, 4.69) is 10.3 Å². The minimum Gasteiger partial charge on any atom is -0.477 e. The number of aromatic nitrogens is 1. The number of benzene rings is 1. The van der Waals surface area contributed by atoms with E-state index in [1.165, 1.54) is 17.8 Å². The fraction of sp³-hybridized carbons (Fsp3) is 0.0667. The predicted octanol–water partition coefficient (Wildman–Crippen LogP) is 4.60. The molecule has 0 aliphatic heterocycles. The van der Waals surface area contributed by atoms with E-state index in [9.17, 15) is 14.3 Å². The number of rotatable bonds is 4. The van der Waals surface area contributed by atoms with Gasteiger partial charge >= 0.3 is 5.97 Å². The van der Waals surface area contributed by atoms with Crippen LogP contribution in [-0.2, 0) is 0 Å². The number of nitrogens with zero attached hydrogens (tertiary/aromatic N) is 1. The van der Waals surface area contributed by atoms with E-state index in [0.717, 1.165) is 20.9 Å². The third-order valence-electron chi connectivity index (χ3n) is 3.12. The number of aromatic carboxylic acids is 1. The fourth-order valence-electron chi connectivity index (χ4n) is 2.08. The highest BCUT2D eigenvalue weighted by Gasteiger charge is 2.19. The predicted molar refractivity (Wildman–Crippen MR) is 88.0 cm³/mol. The highest BCUT2D eigenvalue weighted by Crippen LogP contribution is 2.37. The zero-order chi connectivity index (χ0) is 15.7. The Bertz CT molecular complexity index is 864. The number of pyridine rings is 1. The summed E-state index contributed by atoms with van der Waals surface area (Å²) in [5.41, 5.74) is 0.611. The maximum Gasteiger partial charge on any atom is 0.348 e. The van der Waals surface area contributed by atoms with Crippen molar-refractivity contribution in [1.29, 1.82) is 0 Å². The molecule has 0 unspecified atom stereocenters. The second-order valence-electron chi connectivity index (χ2n) is 4.45. The Balaban J connectivity index is 2.10. The van der Waals surface area contributed by atoms with Crippen LogP contribution < -0.4 is 5.32 Å². The Hall–Kier alpha value is -2.12. The van der Waals surface area contributed by atoms with E-state index >= 15 is 0 Å². The quantitative estimate of drug-likeness (QED) is 0.683. The van der Waals surface area contributed by atoms with Crippen LogP contribution in [0.2, 0.25) is 0 Å². The zero-order valence-corrected chi connectivity index (χ0v) is 13.1. The van der Waals surface area contributed by atoms with Crippen LogP contribution in [0, 0.1) is 5.82 Å². The Labute approximate surface area is 134 Å². The Morgan fingerprint density at radius 3 is 2.91 bits per heavy atom. The van der Waals surface area contributed by atoms with Gasteiger partial charge in [-0.25, -0.2) is 9.18 Å². The summed E-state index contributed by atoms with van der Waals surface area (Å²) >= 11 is 2.58. The van der Waals surface area contributed by atoms with Gasteiger partial charge in [-0.3, -0.25) is 4.98 Å². The van der Waals surface area contributed by atoms with Gasteiger partial charge in [0.2, 0.25) is 0 Å². The number of halogens is 1. The van der Waals surface area contributed by atoms with Crippen LogP contribution in [0.25, 0.3) is 10.1 Å². The van der Waals surface area contributed by atoms with E-state index in [4.69, 9.17) is 0 Å². The van der Waals surface area contributed by atoms with Crippen molar-refractivity contribution in [2.24, 2.45) is 0 Å². The van der Waals surface area contributed by atoms with Gasteiger partial charge in [0, 0.05) is 27.4 Å². The van der Waals surface area contributed by atoms with Crippen molar-refractivity contribution in [1.82, 2.24) is 4.98 Å². The number of hydrogen-bond donors (Lipinski definition) is 2. The van der Waals surface area contributed by atoms with Gasteiger partial charge in [-0.05, 0) is 30.5 Å². The van der Waals surface area contributed by atoms with Crippen molar-refractivity contribution in [3.05, 3.63) is 47.4 Å². The van der Waals surface area contributed by atoms with E-state index in [1.54, 1.807) is 30.6 Å². The summed E-state index contributed by atoms with van der Waals surface area (Å²) in [6, 6.07) is 6.54. The number of hydrogen-bond acceptors (Lipinski definition) is 5. The van der Waals surface area contributed by atoms with Crippen LogP contribution in [0.5, 0.6) is 0 Å². The van der Waals surface area contributed by atoms with Crippen LogP contribution in [0.3, 0.4) is 0 Å². The highest BCUT2D eigenvalue weighted by molar-refractivity contribution is 7.98. The SMILES string of the molecule is CSc1ccc(Nc2c(C(=O)O)sc3ccncc23)c(F)c1. The average molecular weight is 334 g/mol.